The van der Waals surface area contributed by atoms with E-state index in [0.29, 0.717) is 13.0 Å². The summed E-state index contributed by atoms with van der Waals surface area (Å²) >= 11 is 0. The van der Waals surface area contributed by atoms with E-state index >= 15 is 0 Å². The average molecular weight is 253 g/mol. The van der Waals surface area contributed by atoms with Gasteiger partial charge in [0.05, 0.1) is 5.92 Å². The summed E-state index contributed by atoms with van der Waals surface area (Å²) in [6.07, 6.45) is 7.68. The lowest BCUT2D eigenvalue weighted by molar-refractivity contribution is -0.146. The zero-order valence-electron chi connectivity index (χ0n) is 10.9. The van der Waals surface area contributed by atoms with E-state index < -0.39 is 5.97 Å². The van der Waals surface area contributed by atoms with Crippen molar-refractivity contribution in [2.45, 2.75) is 51.4 Å². The number of carbonyl (C=O) groups excluding carboxylic acids is 1. The van der Waals surface area contributed by atoms with Gasteiger partial charge in [0.1, 0.15) is 0 Å². The first kappa shape index (κ1) is 13.4. The Hall–Kier alpha value is -1.06. The van der Waals surface area contributed by atoms with E-state index in [1.54, 1.807) is 0 Å². The first-order chi connectivity index (χ1) is 8.68. The molecule has 2 aliphatic rings. The second-order valence-corrected chi connectivity index (χ2v) is 5.64. The molecule has 1 N–H and O–H groups in total. The summed E-state index contributed by atoms with van der Waals surface area (Å²) in [5, 5.41) is 9.26. The Morgan fingerprint density at radius 3 is 2.72 bits per heavy atom. The number of carboxylic acid groups (broad SMARTS) is 1. The molecule has 4 nitrogen and oxygen atoms in total. The molecule has 1 aliphatic carbocycles. The highest BCUT2D eigenvalue weighted by Crippen LogP contribution is 2.31. The lowest BCUT2D eigenvalue weighted by Gasteiger charge is -2.33. The van der Waals surface area contributed by atoms with Gasteiger partial charge in [-0.05, 0) is 31.6 Å². The van der Waals surface area contributed by atoms with E-state index in [9.17, 15) is 14.7 Å². The molecule has 2 rings (SSSR count). The Kier molecular flexibility index (Phi) is 4.61. The standard InChI is InChI=1S/C14H23NO3/c16-13-8-2-1-5-9-15(13)10-11-6-3-4-7-12(11)14(17)18/h11-12H,1-10H2,(H,17,18). The largest absolute Gasteiger partial charge is 0.481 e. The maximum atomic E-state index is 11.9. The highest BCUT2D eigenvalue weighted by atomic mass is 16.4. The van der Waals surface area contributed by atoms with Crippen molar-refractivity contribution in [3.05, 3.63) is 0 Å². The molecule has 18 heavy (non-hydrogen) atoms. The van der Waals surface area contributed by atoms with Crippen LogP contribution in [0.15, 0.2) is 0 Å². The average Bonchev–Trinajstić information content (AvgIpc) is 2.55. The molecule has 1 saturated heterocycles. The van der Waals surface area contributed by atoms with Gasteiger partial charge in [-0.1, -0.05) is 19.3 Å². The van der Waals surface area contributed by atoms with E-state index in [4.69, 9.17) is 0 Å². The fraction of sp³-hybridized carbons (Fsp3) is 0.857. The molecule has 0 radical (unpaired) electrons. The van der Waals surface area contributed by atoms with Crippen LogP contribution < -0.4 is 0 Å². The number of rotatable bonds is 3. The minimum atomic E-state index is -0.679. The summed E-state index contributed by atoms with van der Waals surface area (Å²) in [5.41, 5.74) is 0. The molecule has 1 amide bonds. The van der Waals surface area contributed by atoms with Crippen LogP contribution in [0.1, 0.15) is 51.4 Å². The number of hydrogen-bond donors (Lipinski definition) is 1. The van der Waals surface area contributed by atoms with Crippen molar-refractivity contribution < 1.29 is 14.7 Å². The zero-order valence-corrected chi connectivity index (χ0v) is 10.9. The highest BCUT2D eigenvalue weighted by Gasteiger charge is 2.33. The minimum Gasteiger partial charge on any atom is -0.481 e. The lowest BCUT2D eigenvalue weighted by Crippen LogP contribution is -2.40. The van der Waals surface area contributed by atoms with Gasteiger partial charge in [0.25, 0.3) is 0 Å². The smallest absolute Gasteiger partial charge is 0.306 e. The Labute approximate surface area is 108 Å². The molecule has 4 heteroatoms. The van der Waals surface area contributed by atoms with Gasteiger partial charge in [-0.15, -0.1) is 0 Å². The van der Waals surface area contributed by atoms with Crippen molar-refractivity contribution in [2.75, 3.05) is 13.1 Å². The van der Waals surface area contributed by atoms with Gasteiger partial charge in [0, 0.05) is 19.5 Å². The third-order valence-corrected chi connectivity index (χ3v) is 4.35. The van der Waals surface area contributed by atoms with E-state index in [0.717, 1.165) is 51.5 Å². The fourth-order valence-electron chi connectivity index (χ4n) is 3.27. The molecule has 2 unspecified atom stereocenters. The summed E-state index contributed by atoms with van der Waals surface area (Å²) in [7, 11) is 0. The monoisotopic (exact) mass is 253 g/mol. The normalized spacial score (nSPS) is 30.0. The van der Waals surface area contributed by atoms with Crippen molar-refractivity contribution in [3.8, 4) is 0 Å². The van der Waals surface area contributed by atoms with Crippen LogP contribution in [0, 0.1) is 11.8 Å². The first-order valence-electron chi connectivity index (χ1n) is 7.19. The predicted octanol–water partition coefficient (Wildman–Crippen LogP) is 2.28. The predicted molar refractivity (Wildman–Crippen MR) is 68.1 cm³/mol. The Morgan fingerprint density at radius 2 is 1.94 bits per heavy atom. The Balaban J connectivity index is 1.96. The quantitative estimate of drug-likeness (QED) is 0.839. The van der Waals surface area contributed by atoms with Crippen molar-refractivity contribution in [2.24, 2.45) is 11.8 Å². The van der Waals surface area contributed by atoms with Crippen molar-refractivity contribution in [1.82, 2.24) is 4.90 Å². The summed E-state index contributed by atoms with van der Waals surface area (Å²) in [6, 6.07) is 0. The van der Waals surface area contributed by atoms with Gasteiger partial charge in [-0.2, -0.15) is 0 Å². The molecule has 2 atom stereocenters. The van der Waals surface area contributed by atoms with Gasteiger partial charge in [-0.25, -0.2) is 0 Å². The molecular weight excluding hydrogens is 230 g/mol. The van der Waals surface area contributed by atoms with Crippen LogP contribution in [0.5, 0.6) is 0 Å². The van der Waals surface area contributed by atoms with Crippen LogP contribution in [0.25, 0.3) is 0 Å². The molecule has 2 fully saturated rings. The Morgan fingerprint density at radius 1 is 1.17 bits per heavy atom. The van der Waals surface area contributed by atoms with Crippen LogP contribution in [0.2, 0.25) is 0 Å². The second-order valence-electron chi connectivity index (χ2n) is 5.64. The minimum absolute atomic E-state index is 0.165. The molecule has 1 heterocycles. The summed E-state index contributed by atoms with van der Waals surface area (Å²) in [5.74, 6) is -0.530. The van der Waals surface area contributed by atoms with Crippen LogP contribution in [0.3, 0.4) is 0 Å². The SMILES string of the molecule is O=C(O)C1CCCCC1CN1CCCCCC1=O. The van der Waals surface area contributed by atoms with E-state index in [1.165, 1.54) is 0 Å². The van der Waals surface area contributed by atoms with Crippen LogP contribution >= 0.6 is 0 Å². The number of nitrogens with zero attached hydrogens (tertiary/aromatic N) is 1. The van der Waals surface area contributed by atoms with Gasteiger partial charge >= 0.3 is 5.97 Å². The van der Waals surface area contributed by atoms with Crippen LogP contribution in [-0.2, 0) is 9.59 Å². The number of aliphatic carboxylic acids is 1. The van der Waals surface area contributed by atoms with Gasteiger partial charge in [0.2, 0.25) is 5.91 Å². The number of amides is 1. The summed E-state index contributed by atoms with van der Waals surface area (Å²) < 4.78 is 0. The number of carbonyl (C=O) groups is 2. The topological polar surface area (TPSA) is 57.6 Å². The number of carboxylic acids is 1. The zero-order chi connectivity index (χ0) is 13.0. The number of likely N-dealkylation sites (tertiary alicyclic amines) is 1. The molecule has 0 spiro atoms. The molecule has 1 saturated carbocycles. The van der Waals surface area contributed by atoms with E-state index in [2.05, 4.69) is 0 Å². The molecular formula is C14H23NO3. The highest BCUT2D eigenvalue weighted by molar-refractivity contribution is 5.76. The third-order valence-electron chi connectivity index (χ3n) is 4.35. The molecule has 0 aromatic carbocycles. The van der Waals surface area contributed by atoms with Gasteiger partial charge < -0.3 is 10.0 Å². The van der Waals surface area contributed by atoms with E-state index in [-0.39, 0.29) is 17.7 Å². The van der Waals surface area contributed by atoms with Gasteiger partial charge in [0.15, 0.2) is 0 Å². The molecule has 0 aromatic heterocycles. The fourth-order valence-corrected chi connectivity index (χ4v) is 3.27. The van der Waals surface area contributed by atoms with Crippen LogP contribution in [0.4, 0.5) is 0 Å². The maximum Gasteiger partial charge on any atom is 0.306 e. The molecule has 1 aliphatic heterocycles. The summed E-state index contributed by atoms with van der Waals surface area (Å²) in [4.78, 5) is 25.1. The third kappa shape index (κ3) is 3.24. The second kappa shape index (κ2) is 6.21. The number of hydrogen-bond acceptors (Lipinski definition) is 2. The van der Waals surface area contributed by atoms with Crippen molar-refractivity contribution >= 4 is 11.9 Å². The van der Waals surface area contributed by atoms with E-state index in [1.807, 2.05) is 4.90 Å². The molecule has 0 bridgehead atoms. The maximum absolute atomic E-state index is 11.9. The van der Waals surface area contributed by atoms with Crippen LogP contribution in [-0.4, -0.2) is 35.0 Å². The van der Waals surface area contributed by atoms with Crippen molar-refractivity contribution in [1.29, 1.82) is 0 Å². The van der Waals surface area contributed by atoms with Crippen molar-refractivity contribution in [3.63, 3.8) is 0 Å². The summed E-state index contributed by atoms with van der Waals surface area (Å²) in [6.45, 7) is 1.48. The lowest BCUT2D eigenvalue weighted by atomic mass is 9.79. The Bertz CT molecular complexity index is 316. The molecule has 0 aromatic rings. The first-order valence-corrected chi connectivity index (χ1v) is 7.19. The molecule has 102 valence electrons. The van der Waals surface area contributed by atoms with Gasteiger partial charge in [-0.3, -0.25) is 9.59 Å².